The van der Waals surface area contributed by atoms with Crippen LogP contribution in [0.2, 0.25) is 0 Å². The van der Waals surface area contributed by atoms with Crippen LogP contribution in [0.3, 0.4) is 0 Å². The fourth-order valence-electron chi connectivity index (χ4n) is 4.01. The number of ether oxygens (including phenoxy) is 1. The number of aromatic amines is 1. The first-order valence-electron chi connectivity index (χ1n) is 11.2. The molecule has 4 rings (SSSR count). The number of carbonyl (C=O) groups excluding carboxylic acids is 1. The molecule has 0 unspecified atom stereocenters. The molecule has 1 aliphatic rings. The Morgan fingerprint density at radius 1 is 1.11 bits per heavy atom. The predicted molar refractivity (Wildman–Crippen MR) is 119 cm³/mol. The van der Waals surface area contributed by atoms with E-state index in [1.807, 2.05) is 0 Å². The quantitative estimate of drug-likeness (QED) is 0.435. The van der Waals surface area contributed by atoms with Crippen molar-refractivity contribution < 1.29 is 35.9 Å². The summed E-state index contributed by atoms with van der Waals surface area (Å²) < 4.78 is 87.8. The number of halogens is 6. The molecule has 1 aromatic heterocycles. The van der Waals surface area contributed by atoms with Crippen LogP contribution in [0.1, 0.15) is 35.2 Å². The Hall–Kier alpha value is -3.67. The molecular formula is C25H21F6N3O3. The van der Waals surface area contributed by atoms with Crippen molar-refractivity contribution in [2.24, 2.45) is 5.92 Å². The highest BCUT2D eigenvalue weighted by molar-refractivity contribution is 5.79. The molecule has 1 saturated carbocycles. The first kappa shape index (κ1) is 26.4. The number of nitrogens with one attached hydrogen (secondary N) is 2. The first-order valence-corrected chi connectivity index (χ1v) is 11.2. The van der Waals surface area contributed by atoms with Crippen molar-refractivity contribution in [1.29, 1.82) is 0 Å². The summed E-state index contributed by atoms with van der Waals surface area (Å²) in [4.78, 5) is 30.2. The molecule has 3 aromatic rings. The summed E-state index contributed by atoms with van der Waals surface area (Å²) in [7, 11) is 0. The highest BCUT2D eigenvalue weighted by atomic mass is 19.4. The second kappa shape index (κ2) is 10.4. The maximum atomic E-state index is 15.3. The maximum Gasteiger partial charge on any atom is 0.417 e. The fourth-order valence-corrected chi connectivity index (χ4v) is 4.01. The zero-order chi connectivity index (χ0) is 26.9. The van der Waals surface area contributed by atoms with Crippen molar-refractivity contribution in [3.05, 3.63) is 86.6 Å². The van der Waals surface area contributed by atoms with Crippen molar-refractivity contribution in [1.82, 2.24) is 15.3 Å². The summed E-state index contributed by atoms with van der Waals surface area (Å²) in [5.74, 6) is -4.68. The first-order chi connectivity index (χ1) is 17.4. The fraction of sp³-hybridized carbons (Fsp3) is 0.320. The van der Waals surface area contributed by atoms with Crippen molar-refractivity contribution in [2.75, 3.05) is 0 Å². The van der Waals surface area contributed by atoms with Gasteiger partial charge in [0.2, 0.25) is 5.91 Å². The number of aryl methyl sites for hydroxylation is 1. The van der Waals surface area contributed by atoms with Crippen LogP contribution in [0.4, 0.5) is 26.3 Å². The van der Waals surface area contributed by atoms with E-state index in [1.165, 1.54) is 13.0 Å². The topological polar surface area (TPSA) is 84.1 Å². The number of hydrogen-bond acceptors (Lipinski definition) is 4. The Morgan fingerprint density at radius 3 is 2.49 bits per heavy atom. The molecule has 37 heavy (non-hydrogen) atoms. The van der Waals surface area contributed by atoms with Gasteiger partial charge in [0.15, 0.2) is 11.6 Å². The summed E-state index contributed by atoms with van der Waals surface area (Å²) in [5, 5.41) is 2.51. The van der Waals surface area contributed by atoms with E-state index < -0.39 is 58.0 Å². The zero-order valence-electron chi connectivity index (χ0n) is 19.4. The van der Waals surface area contributed by atoms with Gasteiger partial charge in [-0.3, -0.25) is 9.59 Å². The van der Waals surface area contributed by atoms with Gasteiger partial charge in [-0.2, -0.15) is 13.2 Å². The van der Waals surface area contributed by atoms with Gasteiger partial charge in [-0.1, -0.05) is 12.1 Å². The molecule has 2 aromatic carbocycles. The molecule has 0 atom stereocenters. The van der Waals surface area contributed by atoms with Crippen molar-refractivity contribution >= 4 is 5.91 Å². The minimum Gasteiger partial charge on any atom is -0.373 e. The number of benzene rings is 2. The van der Waals surface area contributed by atoms with Gasteiger partial charge in [-0.05, 0) is 43.5 Å². The van der Waals surface area contributed by atoms with Crippen LogP contribution in [0, 0.1) is 30.3 Å². The summed E-state index contributed by atoms with van der Waals surface area (Å²) in [6.07, 6.45) is -4.53. The molecule has 1 amide bonds. The Bertz CT molecular complexity index is 1380. The zero-order valence-corrected chi connectivity index (χ0v) is 19.4. The molecule has 12 heteroatoms. The molecule has 0 bridgehead atoms. The Balaban J connectivity index is 1.40. The lowest BCUT2D eigenvalue weighted by atomic mass is 9.81. The lowest BCUT2D eigenvalue weighted by Gasteiger charge is -2.34. The monoisotopic (exact) mass is 525 g/mol. The van der Waals surface area contributed by atoms with Crippen LogP contribution in [0.5, 0.6) is 0 Å². The molecule has 1 fully saturated rings. The van der Waals surface area contributed by atoms with E-state index in [0.717, 1.165) is 24.3 Å². The van der Waals surface area contributed by atoms with Crippen LogP contribution >= 0.6 is 0 Å². The molecular weight excluding hydrogens is 504 g/mol. The summed E-state index contributed by atoms with van der Waals surface area (Å²) >= 11 is 0. The van der Waals surface area contributed by atoms with Crippen LogP contribution in [0.15, 0.2) is 41.2 Å². The van der Waals surface area contributed by atoms with Gasteiger partial charge in [-0.15, -0.1) is 0 Å². The maximum absolute atomic E-state index is 15.3. The number of alkyl halides is 3. The molecule has 0 aliphatic heterocycles. The van der Waals surface area contributed by atoms with Crippen LogP contribution in [0.25, 0.3) is 11.4 Å². The highest BCUT2D eigenvalue weighted by Crippen LogP contribution is 2.38. The number of aromatic nitrogens is 2. The molecule has 0 spiro atoms. The highest BCUT2D eigenvalue weighted by Gasteiger charge is 2.38. The lowest BCUT2D eigenvalue weighted by Crippen LogP contribution is -2.42. The van der Waals surface area contributed by atoms with E-state index in [4.69, 9.17) is 4.74 Å². The van der Waals surface area contributed by atoms with Gasteiger partial charge in [0, 0.05) is 29.8 Å². The second-order valence-electron chi connectivity index (χ2n) is 8.76. The standard InChI is InChI=1S/C25H21F6N3O3/c1-12-6-20(35)34-23(33-12)21-17(25(29,30)31)4-3-14(22(21)28)10-32-24(36)15-8-16(9-15)37-11-13-2-5-18(26)19(27)7-13/h2-7,15-16H,8-11H2,1H3,(H,32,36)(H,33,34,35). The minimum absolute atomic E-state index is 0.0326. The molecule has 1 heterocycles. The third kappa shape index (κ3) is 6.01. The van der Waals surface area contributed by atoms with Crippen molar-refractivity contribution in [3.8, 4) is 11.4 Å². The number of amides is 1. The average Bonchev–Trinajstić information content (AvgIpc) is 2.77. The molecule has 6 nitrogen and oxygen atoms in total. The minimum atomic E-state index is -4.92. The van der Waals surface area contributed by atoms with Gasteiger partial charge in [0.05, 0.1) is 23.8 Å². The molecule has 1 aliphatic carbocycles. The van der Waals surface area contributed by atoms with Crippen molar-refractivity contribution in [2.45, 2.75) is 45.2 Å². The smallest absolute Gasteiger partial charge is 0.373 e. The van der Waals surface area contributed by atoms with Gasteiger partial charge in [0.1, 0.15) is 11.6 Å². The summed E-state index contributed by atoms with van der Waals surface area (Å²) in [6.45, 7) is 1.04. The summed E-state index contributed by atoms with van der Waals surface area (Å²) in [6, 6.07) is 6.05. The van der Waals surface area contributed by atoms with Crippen LogP contribution < -0.4 is 10.9 Å². The predicted octanol–water partition coefficient (Wildman–Crippen LogP) is 4.79. The van der Waals surface area contributed by atoms with E-state index in [9.17, 15) is 31.5 Å². The van der Waals surface area contributed by atoms with E-state index in [1.54, 1.807) is 0 Å². The number of nitrogens with zero attached hydrogens (tertiary/aromatic N) is 1. The van der Waals surface area contributed by atoms with Gasteiger partial charge in [-0.25, -0.2) is 18.2 Å². The molecule has 0 radical (unpaired) electrons. The number of carbonyl (C=O) groups is 1. The number of H-pyrrole nitrogens is 1. The van der Waals surface area contributed by atoms with Gasteiger partial charge >= 0.3 is 6.18 Å². The molecule has 0 saturated heterocycles. The third-order valence-corrected chi connectivity index (χ3v) is 6.02. The van der Waals surface area contributed by atoms with E-state index in [-0.39, 0.29) is 30.5 Å². The van der Waals surface area contributed by atoms with E-state index in [0.29, 0.717) is 24.5 Å². The number of rotatable bonds is 7. The van der Waals surface area contributed by atoms with Crippen LogP contribution in [-0.2, 0) is 28.9 Å². The van der Waals surface area contributed by atoms with Crippen molar-refractivity contribution in [3.63, 3.8) is 0 Å². The normalized spacial score (nSPS) is 17.4. The van der Waals surface area contributed by atoms with Gasteiger partial charge < -0.3 is 15.0 Å². The lowest BCUT2D eigenvalue weighted by molar-refractivity contribution is -0.137. The average molecular weight is 525 g/mol. The SMILES string of the molecule is Cc1cc(=O)[nH]c(-c2c(C(F)(F)F)ccc(CNC(=O)C3CC(OCc4ccc(F)c(F)c4)C3)c2F)n1. The van der Waals surface area contributed by atoms with E-state index >= 15 is 4.39 Å². The number of hydrogen-bond donors (Lipinski definition) is 2. The van der Waals surface area contributed by atoms with Gasteiger partial charge in [0.25, 0.3) is 5.56 Å². The summed E-state index contributed by atoms with van der Waals surface area (Å²) in [5.41, 5.74) is -2.63. The Labute approximate surface area is 206 Å². The molecule has 2 N–H and O–H groups in total. The van der Waals surface area contributed by atoms with Crippen LogP contribution in [-0.4, -0.2) is 22.0 Å². The second-order valence-corrected chi connectivity index (χ2v) is 8.76. The Kier molecular flexibility index (Phi) is 7.39. The molecule has 196 valence electrons. The van der Waals surface area contributed by atoms with E-state index in [2.05, 4.69) is 15.3 Å². The third-order valence-electron chi connectivity index (χ3n) is 6.02. The Morgan fingerprint density at radius 2 is 1.84 bits per heavy atom. The largest absolute Gasteiger partial charge is 0.417 e.